The van der Waals surface area contributed by atoms with Crippen LogP contribution in [0.25, 0.3) is 0 Å². The molecule has 0 aliphatic carbocycles. The van der Waals surface area contributed by atoms with E-state index in [1.54, 1.807) is 19.9 Å². The molecular formula is C13H26NO3+. The molecule has 4 nitrogen and oxygen atoms in total. The Labute approximate surface area is 104 Å². The second kappa shape index (κ2) is 7.45. The van der Waals surface area contributed by atoms with Gasteiger partial charge in [0.2, 0.25) is 6.23 Å². The minimum absolute atomic E-state index is 0.247. The van der Waals surface area contributed by atoms with Gasteiger partial charge in [-0.1, -0.05) is 6.08 Å². The molecular weight excluding hydrogens is 218 g/mol. The van der Waals surface area contributed by atoms with Crippen molar-refractivity contribution in [1.82, 2.24) is 0 Å². The highest BCUT2D eigenvalue weighted by atomic mass is 16.6. The highest BCUT2D eigenvalue weighted by Crippen LogP contribution is 2.16. The Morgan fingerprint density at radius 2 is 1.88 bits per heavy atom. The summed E-state index contributed by atoms with van der Waals surface area (Å²) in [6.07, 6.45) is 2.43. The number of rotatable bonds is 7. The predicted octanol–water partition coefficient (Wildman–Crippen LogP) is 1.69. The van der Waals surface area contributed by atoms with Crippen molar-refractivity contribution in [2.45, 2.75) is 47.0 Å². The zero-order valence-electron chi connectivity index (χ0n) is 11.6. The highest BCUT2D eigenvalue weighted by Gasteiger charge is 2.34. The van der Waals surface area contributed by atoms with Crippen molar-refractivity contribution in [1.29, 1.82) is 0 Å². The first-order valence-electron chi connectivity index (χ1n) is 6.29. The van der Waals surface area contributed by atoms with Gasteiger partial charge < -0.3 is 9.84 Å². The Morgan fingerprint density at radius 3 is 2.24 bits per heavy atom. The lowest BCUT2D eigenvalue weighted by Crippen LogP contribution is -2.58. The van der Waals surface area contributed by atoms with Crippen LogP contribution in [0.4, 0.5) is 0 Å². The summed E-state index contributed by atoms with van der Waals surface area (Å²) < 4.78 is 5.96. The maximum atomic E-state index is 11.4. The van der Waals surface area contributed by atoms with Crippen molar-refractivity contribution in [2.24, 2.45) is 0 Å². The van der Waals surface area contributed by atoms with Gasteiger partial charge in [-0.2, -0.15) is 0 Å². The fraction of sp³-hybridized carbons (Fsp3) is 0.769. The first-order valence-corrected chi connectivity index (χ1v) is 6.29. The fourth-order valence-corrected chi connectivity index (χ4v) is 2.13. The van der Waals surface area contributed by atoms with Crippen LogP contribution in [-0.4, -0.2) is 47.5 Å². The van der Waals surface area contributed by atoms with E-state index >= 15 is 0 Å². The van der Waals surface area contributed by atoms with Gasteiger partial charge in [0.1, 0.15) is 12.6 Å². The molecule has 0 aromatic heterocycles. The lowest BCUT2D eigenvalue weighted by atomic mass is 10.2. The third-order valence-electron chi connectivity index (χ3n) is 3.25. The Kier molecular flexibility index (Phi) is 7.07. The standard InChI is InChI=1S/C13H26NO3/c1-6-9-13(16)17-12(5)14(7-2,8-3)10-11(4)15/h6,9,11-12,15H,7-8,10H2,1-5H3/q+1. The number of hydrogen-bond donors (Lipinski definition) is 1. The smallest absolute Gasteiger partial charge is 0.334 e. The summed E-state index contributed by atoms with van der Waals surface area (Å²) in [5.74, 6) is -0.324. The maximum Gasteiger partial charge on any atom is 0.334 e. The number of quaternary nitrogens is 1. The van der Waals surface area contributed by atoms with Gasteiger partial charge in [-0.3, -0.25) is 4.48 Å². The van der Waals surface area contributed by atoms with Gasteiger partial charge in [0, 0.05) is 13.0 Å². The van der Waals surface area contributed by atoms with Crippen molar-refractivity contribution in [3.63, 3.8) is 0 Å². The van der Waals surface area contributed by atoms with E-state index in [1.165, 1.54) is 6.08 Å². The Morgan fingerprint density at radius 1 is 1.35 bits per heavy atom. The Balaban J connectivity index is 4.74. The zero-order chi connectivity index (χ0) is 13.5. The van der Waals surface area contributed by atoms with Crippen LogP contribution in [0.2, 0.25) is 0 Å². The number of carbonyl (C=O) groups is 1. The van der Waals surface area contributed by atoms with Crippen molar-refractivity contribution < 1.29 is 19.1 Å². The molecule has 0 spiro atoms. The van der Waals surface area contributed by atoms with E-state index in [0.717, 1.165) is 13.1 Å². The number of likely N-dealkylation sites (N-methyl/N-ethyl adjacent to an activating group) is 1. The number of aliphatic hydroxyl groups excluding tert-OH is 1. The van der Waals surface area contributed by atoms with E-state index in [1.807, 2.05) is 20.8 Å². The van der Waals surface area contributed by atoms with E-state index in [4.69, 9.17) is 4.74 Å². The normalized spacial score (nSPS) is 15.9. The van der Waals surface area contributed by atoms with Gasteiger partial charge in [0.15, 0.2) is 0 Å². The van der Waals surface area contributed by atoms with E-state index in [9.17, 15) is 9.90 Å². The summed E-state index contributed by atoms with van der Waals surface area (Å²) in [5.41, 5.74) is 0. The third kappa shape index (κ3) is 4.88. The van der Waals surface area contributed by atoms with Crippen LogP contribution in [0.5, 0.6) is 0 Å². The molecule has 0 saturated carbocycles. The number of nitrogens with zero attached hydrogens (tertiary/aromatic N) is 1. The van der Waals surface area contributed by atoms with Gasteiger partial charge in [-0.25, -0.2) is 4.79 Å². The topological polar surface area (TPSA) is 46.5 Å². The molecule has 17 heavy (non-hydrogen) atoms. The molecule has 2 unspecified atom stereocenters. The number of carbonyl (C=O) groups excluding carboxylic acids is 1. The molecule has 2 atom stereocenters. The van der Waals surface area contributed by atoms with Crippen LogP contribution in [0.15, 0.2) is 12.2 Å². The summed E-state index contributed by atoms with van der Waals surface area (Å²) in [6, 6.07) is 0. The van der Waals surface area contributed by atoms with Gasteiger partial charge in [0.25, 0.3) is 0 Å². The summed E-state index contributed by atoms with van der Waals surface area (Å²) >= 11 is 0. The maximum absolute atomic E-state index is 11.4. The minimum Gasteiger partial charge on any atom is -0.410 e. The Bertz CT molecular complexity index is 257. The summed E-state index contributed by atoms with van der Waals surface area (Å²) in [5, 5.41) is 9.57. The first kappa shape index (κ1) is 16.1. The lowest BCUT2D eigenvalue weighted by molar-refractivity contribution is -0.966. The molecule has 0 amide bonds. The van der Waals surface area contributed by atoms with Crippen LogP contribution in [0.3, 0.4) is 0 Å². The average Bonchev–Trinajstić information content (AvgIpc) is 2.25. The molecule has 0 heterocycles. The van der Waals surface area contributed by atoms with Gasteiger partial charge in [0.05, 0.1) is 13.1 Å². The van der Waals surface area contributed by atoms with E-state index < -0.39 is 6.10 Å². The predicted molar refractivity (Wildman–Crippen MR) is 68.3 cm³/mol. The van der Waals surface area contributed by atoms with Crippen LogP contribution >= 0.6 is 0 Å². The molecule has 4 heteroatoms. The van der Waals surface area contributed by atoms with Gasteiger partial charge >= 0.3 is 5.97 Å². The van der Waals surface area contributed by atoms with Gasteiger partial charge in [-0.05, 0) is 27.7 Å². The second-order valence-corrected chi connectivity index (χ2v) is 4.42. The molecule has 0 aliphatic heterocycles. The molecule has 1 N–H and O–H groups in total. The zero-order valence-corrected chi connectivity index (χ0v) is 11.6. The molecule has 0 aromatic carbocycles. The van der Waals surface area contributed by atoms with Gasteiger partial charge in [-0.15, -0.1) is 0 Å². The largest absolute Gasteiger partial charge is 0.410 e. The van der Waals surface area contributed by atoms with Crippen molar-refractivity contribution in [2.75, 3.05) is 19.6 Å². The third-order valence-corrected chi connectivity index (χ3v) is 3.25. The molecule has 0 aromatic rings. The molecule has 0 radical (unpaired) electrons. The second-order valence-electron chi connectivity index (χ2n) is 4.42. The van der Waals surface area contributed by atoms with Crippen LogP contribution < -0.4 is 0 Å². The van der Waals surface area contributed by atoms with Crippen LogP contribution in [0.1, 0.15) is 34.6 Å². The van der Waals surface area contributed by atoms with Crippen LogP contribution in [-0.2, 0) is 9.53 Å². The molecule has 100 valence electrons. The monoisotopic (exact) mass is 244 g/mol. The van der Waals surface area contributed by atoms with E-state index in [2.05, 4.69) is 0 Å². The fourth-order valence-electron chi connectivity index (χ4n) is 2.13. The molecule has 0 rings (SSSR count). The molecule has 0 aliphatic rings. The number of allylic oxidation sites excluding steroid dienone is 1. The SMILES string of the molecule is CC=CC(=O)OC(C)[N+](CC)(CC)CC(C)O. The first-order chi connectivity index (χ1) is 7.91. The highest BCUT2D eigenvalue weighted by molar-refractivity contribution is 5.81. The number of ether oxygens (including phenoxy) is 1. The number of esters is 1. The van der Waals surface area contributed by atoms with Crippen molar-refractivity contribution >= 4 is 5.97 Å². The van der Waals surface area contributed by atoms with E-state index in [-0.39, 0.29) is 12.2 Å². The quantitative estimate of drug-likeness (QED) is 0.321. The molecule has 0 bridgehead atoms. The number of aliphatic hydroxyl groups is 1. The average molecular weight is 244 g/mol. The number of hydrogen-bond acceptors (Lipinski definition) is 3. The summed E-state index contributed by atoms with van der Waals surface area (Å²) in [6.45, 7) is 11.8. The summed E-state index contributed by atoms with van der Waals surface area (Å²) in [7, 11) is 0. The van der Waals surface area contributed by atoms with Crippen molar-refractivity contribution in [3.8, 4) is 0 Å². The summed E-state index contributed by atoms with van der Waals surface area (Å²) in [4.78, 5) is 11.4. The van der Waals surface area contributed by atoms with E-state index in [0.29, 0.717) is 11.0 Å². The lowest BCUT2D eigenvalue weighted by Gasteiger charge is -2.41. The molecule has 0 saturated heterocycles. The van der Waals surface area contributed by atoms with Crippen LogP contribution in [0, 0.1) is 0 Å². The van der Waals surface area contributed by atoms with Crippen molar-refractivity contribution in [3.05, 3.63) is 12.2 Å². The Hall–Kier alpha value is -0.870. The minimum atomic E-state index is -0.405. The molecule has 0 fully saturated rings.